The molecule has 6 atom stereocenters. The summed E-state index contributed by atoms with van der Waals surface area (Å²) in [6.07, 6.45) is 5.92. The van der Waals surface area contributed by atoms with Crippen molar-refractivity contribution in [1.29, 1.82) is 0 Å². The quantitative estimate of drug-likeness (QED) is 0.457. The van der Waals surface area contributed by atoms with Gasteiger partial charge in [0.05, 0.1) is 18.8 Å². The number of hydrogen-bond donors (Lipinski definition) is 2. The van der Waals surface area contributed by atoms with E-state index in [-0.39, 0.29) is 5.97 Å². The van der Waals surface area contributed by atoms with Crippen molar-refractivity contribution in [3.63, 3.8) is 0 Å². The summed E-state index contributed by atoms with van der Waals surface area (Å²) in [5.41, 5.74) is 0. The molecule has 6 unspecified atom stereocenters. The molecule has 5 heteroatoms. The number of aliphatic hydroxyl groups excluding tert-OH is 2. The second-order valence-corrected chi connectivity index (χ2v) is 6.59. The first-order chi connectivity index (χ1) is 10.6. The van der Waals surface area contributed by atoms with Crippen molar-refractivity contribution >= 4 is 5.97 Å². The fourth-order valence-electron chi connectivity index (χ4n) is 4.45. The maximum Gasteiger partial charge on any atom is 0.330 e. The van der Waals surface area contributed by atoms with E-state index < -0.39 is 12.2 Å². The normalized spacial score (nSPS) is 38.1. The summed E-state index contributed by atoms with van der Waals surface area (Å²) in [5.74, 6) is 2.32. The van der Waals surface area contributed by atoms with Crippen LogP contribution in [0.2, 0.25) is 0 Å². The minimum Gasteiger partial charge on any atom is -0.462 e. The Hall–Kier alpha value is -0.910. The predicted molar refractivity (Wildman–Crippen MR) is 82.1 cm³/mol. The molecular formula is C17H28O5. The van der Waals surface area contributed by atoms with E-state index in [4.69, 9.17) is 4.74 Å². The molecule has 3 rings (SSSR count). The SMILES string of the molecule is C=CC(=O)OCCCOC.OC1CC2C3CCC(C3)C2C1O. The summed E-state index contributed by atoms with van der Waals surface area (Å²) in [6.45, 7) is 4.27. The summed E-state index contributed by atoms with van der Waals surface area (Å²) in [6, 6.07) is 0. The zero-order chi connectivity index (χ0) is 16.1. The Morgan fingerprint density at radius 2 is 1.95 bits per heavy atom. The summed E-state index contributed by atoms with van der Waals surface area (Å²) in [5, 5.41) is 19.3. The van der Waals surface area contributed by atoms with Crippen LogP contribution in [0, 0.1) is 23.7 Å². The van der Waals surface area contributed by atoms with Gasteiger partial charge in [-0.25, -0.2) is 4.79 Å². The first kappa shape index (κ1) is 17.4. The molecule has 0 aliphatic heterocycles. The molecule has 0 radical (unpaired) electrons. The van der Waals surface area contributed by atoms with E-state index in [0.717, 1.165) is 30.8 Å². The number of hydrogen-bond acceptors (Lipinski definition) is 5. The topological polar surface area (TPSA) is 76.0 Å². The molecule has 5 nitrogen and oxygen atoms in total. The van der Waals surface area contributed by atoms with Gasteiger partial charge >= 0.3 is 5.97 Å². The molecule has 3 saturated carbocycles. The lowest BCUT2D eigenvalue weighted by Crippen LogP contribution is -2.29. The van der Waals surface area contributed by atoms with Gasteiger partial charge in [0, 0.05) is 26.2 Å². The van der Waals surface area contributed by atoms with Crippen molar-refractivity contribution in [2.75, 3.05) is 20.3 Å². The number of fused-ring (bicyclic) bond motifs is 5. The summed E-state index contributed by atoms with van der Waals surface area (Å²) in [7, 11) is 1.61. The van der Waals surface area contributed by atoms with Crippen molar-refractivity contribution < 1.29 is 24.5 Å². The fraction of sp³-hybridized carbons (Fsp3) is 0.824. The van der Waals surface area contributed by atoms with Crippen LogP contribution in [-0.4, -0.2) is 48.7 Å². The van der Waals surface area contributed by atoms with Crippen LogP contribution in [0.3, 0.4) is 0 Å². The summed E-state index contributed by atoms with van der Waals surface area (Å²) >= 11 is 0. The Labute approximate surface area is 132 Å². The van der Waals surface area contributed by atoms with Crippen LogP contribution in [0.15, 0.2) is 12.7 Å². The highest BCUT2D eigenvalue weighted by Gasteiger charge is 2.56. The monoisotopic (exact) mass is 312 g/mol. The Morgan fingerprint density at radius 1 is 1.23 bits per heavy atom. The zero-order valence-corrected chi connectivity index (χ0v) is 13.3. The standard InChI is InChI=1S/C10H16O2.C7H12O3/c11-8-4-7-5-1-2-6(3-5)9(7)10(8)12;1-3-7(8)10-6-4-5-9-2/h5-12H,1-4H2;3H,1,4-6H2,2H3. The molecule has 0 aromatic rings. The Kier molecular flexibility index (Phi) is 6.41. The van der Waals surface area contributed by atoms with Crippen molar-refractivity contribution in [1.82, 2.24) is 0 Å². The highest BCUT2D eigenvalue weighted by Crippen LogP contribution is 2.58. The second-order valence-electron chi connectivity index (χ2n) is 6.59. The van der Waals surface area contributed by atoms with E-state index in [1.807, 2.05) is 0 Å². The molecule has 0 amide bonds. The van der Waals surface area contributed by atoms with Gasteiger partial charge in [0.1, 0.15) is 0 Å². The maximum atomic E-state index is 10.4. The largest absolute Gasteiger partial charge is 0.462 e. The van der Waals surface area contributed by atoms with Gasteiger partial charge in [0.2, 0.25) is 0 Å². The smallest absolute Gasteiger partial charge is 0.330 e. The summed E-state index contributed by atoms with van der Waals surface area (Å²) in [4.78, 5) is 10.4. The molecule has 0 saturated heterocycles. The molecule has 126 valence electrons. The number of methoxy groups -OCH3 is 1. The molecule has 2 bridgehead atoms. The summed E-state index contributed by atoms with van der Waals surface area (Å²) < 4.78 is 9.40. The average molecular weight is 312 g/mol. The van der Waals surface area contributed by atoms with Crippen LogP contribution in [0.25, 0.3) is 0 Å². The van der Waals surface area contributed by atoms with Crippen LogP contribution in [0.1, 0.15) is 32.1 Å². The number of rotatable bonds is 5. The highest BCUT2D eigenvalue weighted by atomic mass is 16.5. The molecule has 3 aliphatic carbocycles. The van der Waals surface area contributed by atoms with Crippen LogP contribution in [-0.2, 0) is 14.3 Å². The Bertz CT molecular complexity index is 381. The molecule has 0 aromatic carbocycles. The van der Waals surface area contributed by atoms with Gasteiger partial charge in [-0.05, 0) is 49.4 Å². The molecule has 0 heterocycles. The number of aliphatic hydroxyl groups is 2. The van der Waals surface area contributed by atoms with Gasteiger partial charge in [-0.2, -0.15) is 0 Å². The first-order valence-electron chi connectivity index (χ1n) is 8.22. The van der Waals surface area contributed by atoms with E-state index in [1.54, 1.807) is 7.11 Å². The van der Waals surface area contributed by atoms with Gasteiger partial charge in [0.15, 0.2) is 0 Å². The Balaban J connectivity index is 0.000000165. The van der Waals surface area contributed by atoms with E-state index in [2.05, 4.69) is 11.3 Å². The van der Waals surface area contributed by atoms with E-state index in [1.165, 1.54) is 19.3 Å². The lowest BCUT2D eigenvalue weighted by molar-refractivity contribution is -0.138. The zero-order valence-electron chi connectivity index (χ0n) is 13.3. The second kappa shape index (κ2) is 8.09. The number of ether oxygens (including phenoxy) is 2. The molecule has 0 aromatic heterocycles. The fourth-order valence-corrected chi connectivity index (χ4v) is 4.45. The minimum atomic E-state index is -0.414. The molecule has 2 N–H and O–H groups in total. The molecular weight excluding hydrogens is 284 g/mol. The van der Waals surface area contributed by atoms with Gasteiger partial charge in [-0.1, -0.05) is 6.58 Å². The minimum absolute atomic E-state index is 0.379. The van der Waals surface area contributed by atoms with Gasteiger partial charge in [-0.3, -0.25) is 0 Å². The lowest BCUT2D eigenvalue weighted by Gasteiger charge is -2.25. The van der Waals surface area contributed by atoms with Crippen molar-refractivity contribution in [2.24, 2.45) is 23.7 Å². The lowest BCUT2D eigenvalue weighted by atomic mass is 9.81. The maximum absolute atomic E-state index is 10.4. The Morgan fingerprint density at radius 3 is 2.59 bits per heavy atom. The van der Waals surface area contributed by atoms with Gasteiger partial charge in [0.25, 0.3) is 0 Å². The van der Waals surface area contributed by atoms with Crippen LogP contribution in [0.5, 0.6) is 0 Å². The van der Waals surface area contributed by atoms with Gasteiger partial charge in [-0.15, -0.1) is 0 Å². The van der Waals surface area contributed by atoms with Crippen LogP contribution >= 0.6 is 0 Å². The predicted octanol–water partition coefficient (Wildman–Crippen LogP) is 1.53. The average Bonchev–Trinajstić information content (AvgIpc) is 3.19. The van der Waals surface area contributed by atoms with E-state index in [9.17, 15) is 15.0 Å². The molecule has 3 aliphatic rings. The third-order valence-electron chi connectivity index (χ3n) is 5.36. The van der Waals surface area contributed by atoms with Crippen LogP contribution < -0.4 is 0 Å². The first-order valence-corrected chi connectivity index (χ1v) is 8.22. The molecule has 0 spiro atoms. The number of carbonyl (C=O) groups excluding carboxylic acids is 1. The highest BCUT2D eigenvalue weighted by molar-refractivity contribution is 5.81. The van der Waals surface area contributed by atoms with Gasteiger partial charge < -0.3 is 19.7 Å². The van der Waals surface area contributed by atoms with Crippen molar-refractivity contribution in [3.8, 4) is 0 Å². The van der Waals surface area contributed by atoms with Crippen LogP contribution in [0.4, 0.5) is 0 Å². The van der Waals surface area contributed by atoms with Crippen molar-refractivity contribution in [3.05, 3.63) is 12.7 Å². The third-order valence-corrected chi connectivity index (χ3v) is 5.36. The molecule has 3 fully saturated rings. The van der Waals surface area contributed by atoms with E-state index >= 15 is 0 Å². The van der Waals surface area contributed by atoms with Crippen molar-refractivity contribution in [2.45, 2.75) is 44.3 Å². The number of esters is 1. The number of carbonyl (C=O) groups is 1. The molecule has 22 heavy (non-hydrogen) atoms. The third kappa shape index (κ3) is 3.89. The van der Waals surface area contributed by atoms with E-state index in [0.29, 0.717) is 25.0 Å².